The number of aromatic nitrogens is 1. The molecule has 1 aromatic heterocycles. The van der Waals surface area contributed by atoms with E-state index in [9.17, 15) is 0 Å². The first-order valence-electron chi connectivity index (χ1n) is 8.93. The van der Waals surface area contributed by atoms with Gasteiger partial charge in [-0.2, -0.15) is 0 Å². The first-order chi connectivity index (χ1) is 13.3. The molecule has 1 heterocycles. The number of para-hydroxylation sites is 1. The fourth-order valence-corrected chi connectivity index (χ4v) is 3.76. The number of hydrogen-bond donors (Lipinski definition) is 0. The summed E-state index contributed by atoms with van der Waals surface area (Å²) in [4.78, 5) is 4.97. The summed E-state index contributed by atoms with van der Waals surface area (Å²) in [5, 5.41) is 4.32. The van der Waals surface area contributed by atoms with Crippen molar-refractivity contribution in [3.63, 3.8) is 0 Å². The molecule has 1 nitrogen and oxygen atoms in total. The lowest BCUT2D eigenvalue weighted by atomic mass is 9.96. The predicted molar refractivity (Wildman–Crippen MR) is 115 cm³/mol. The average Bonchev–Trinajstić information content (AvgIpc) is 2.73. The maximum atomic E-state index is 6.10. The van der Waals surface area contributed by atoms with Crippen LogP contribution in [0.2, 0.25) is 5.02 Å². The molecule has 0 unspecified atom stereocenters. The summed E-state index contributed by atoms with van der Waals surface area (Å²) in [6.07, 6.45) is 0. The quantitative estimate of drug-likeness (QED) is 0.318. The lowest BCUT2D eigenvalue weighted by molar-refractivity contribution is 1.41. The Kier molecular flexibility index (Phi) is 3.88. The largest absolute Gasteiger partial charge is 0.248 e. The van der Waals surface area contributed by atoms with E-state index >= 15 is 0 Å². The van der Waals surface area contributed by atoms with Crippen LogP contribution < -0.4 is 0 Å². The highest BCUT2D eigenvalue weighted by atomic mass is 35.5. The van der Waals surface area contributed by atoms with Gasteiger partial charge in [0.2, 0.25) is 0 Å². The lowest BCUT2D eigenvalue weighted by Gasteiger charge is -2.12. The van der Waals surface area contributed by atoms with Crippen molar-refractivity contribution in [2.24, 2.45) is 0 Å². The van der Waals surface area contributed by atoms with Gasteiger partial charge in [-0.1, -0.05) is 84.4 Å². The van der Waals surface area contributed by atoms with E-state index in [-0.39, 0.29) is 0 Å². The van der Waals surface area contributed by atoms with Crippen LogP contribution in [0.3, 0.4) is 0 Å². The van der Waals surface area contributed by atoms with Crippen LogP contribution >= 0.6 is 11.6 Å². The van der Waals surface area contributed by atoms with Gasteiger partial charge in [0.15, 0.2) is 0 Å². The van der Waals surface area contributed by atoms with Crippen LogP contribution in [0.1, 0.15) is 0 Å². The molecule has 27 heavy (non-hydrogen) atoms. The van der Waals surface area contributed by atoms with Crippen LogP contribution in [0, 0.1) is 0 Å². The smallest absolute Gasteiger partial charge is 0.0722 e. The van der Waals surface area contributed by atoms with E-state index in [1.165, 1.54) is 16.3 Å². The third kappa shape index (κ3) is 2.87. The number of rotatable bonds is 2. The molecule has 0 aliphatic carbocycles. The number of nitrogens with zero attached hydrogens (tertiary/aromatic N) is 1. The normalized spacial score (nSPS) is 11.1. The minimum absolute atomic E-state index is 0.742. The van der Waals surface area contributed by atoms with Gasteiger partial charge in [0.25, 0.3) is 0 Å². The molecule has 0 fully saturated rings. The van der Waals surface area contributed by atoms with Crippen molar-refractivity contribution in [1.29, 1.82) is 0 Å². The Hall–Kier alpha value is -3.16. The molecule has 0 bridgehead atoms. The highest BCUT2D eigenvalue weighted by molar-refractivity contribution is 6.30. The molecule has 0 aliphatic heterocycles. The molecule has 5 aromatic rings. The zero-order valence-electron chi connectivity index (χ0n) is 14.6. The maximum absolute atomic E-state index is 6.10. The first-order valence-corrected chi connectivity index (χ1v) is 9.31. The SMILES string of the molecule is Clc1ccc(-c2cc(-c3cccc4ccccc34)nc3ccccc23)cc1. The summed E-state index contributed by atoms with van der Waals surface area (Å²) in [6, 6.07) is 33.3. The van der Waals surface area contributed by atoms with Crippen molar-refractivity contribution in [3.8, 4) is 22.4 Å². The Bertz CT molecular complexity index is 1270. The van der Waals surface area contributed by atoms with Crippen molar-refractivity contribution < 1.29 is 0 Å². The minimum Gasteiger partial charge on any atom is -0.248 e. The van der Waals surface area contributed by atoms with Crippen LogP contribution in [0.5, 0.6) is 0 Å². The summed E-state index contributed by atoms with van der Waals surface area (Å²) in [7, 11) is 0. The van der Waals surface area contributed by atoms with Crippen molar-refractivity contribution in [2.75, 3.05) is 0 Å². The van der Waals surface area contributed by atoms with Gasteiger partial charge in [0.05, 0.1) is 11.2 Å². The second kappa shape index (κ2) is 6.53. The highest BCUT2D eigenvalue weighted by Gasteiger charge is 2.11. The van der Waals surface area contributed by atoms with Gasteiger partial charge >= 0.3 is 0 Å². The summed E-state index contributed by atoms with van der Waals surface area (Å²) < 4.78 is 0. The summed E-state index contributed by atoms with van der Waals surface area (Å²) >= 11 is 6.10. The summed E-state index contributed by atoms with van der Waals surface area (Å²) in [5.41, 5.74) is 5.43. The molecule has 128 valence electrons. The van der Waals surface area contributed by atoms with Crippen LogP contribution in [0.25, 0.3) is 44.1 Å². The van der Waals surface area contributed by atoms with Gasteiger partial charge in [-0.25, -0.2) is 4.98 Å². The standard InChI is InChI=1S/C25H16ClN/c26-19-14-12-18(13-15-19)23-16-25(27-24-11-4-3-9-22(23)24)21-10-5-7-17-6-1-2-8-20(17)21/h1-16H. The Morgan fingerprint density at radius 2 is 1.30 bits per heavy atom. The number of benzene rings is 4. The van der Waals surface area contributed by atoms with Gasteiger partial charge in [-0.15, -0.1) is 0 Å². The van der Waals surface area contributed by atoms with E-state index in [2.05, 4.69) is 78.9 Å². The van der Waals surface area contributed by atoms with Gasteiger partial charge in [0.1, 0.15) is 0 Å². The number of hydrogen-bond acceptors (Lipinski definition) is 1. The second-order valence-corrected chi connectivity index (χ2v) is 7.04. The Balaban J connectivity index is 1.82. The van der Waals surface area contributed by atoms with E-state index in [1.807, 2.05) is 18.2 Å². The van der Waals surface area contributed by atoms with E-state index in [4.69, 9.17) is 16.6 Å². The molecule has 5 rings (SSSR count). The predicted octanol–water partition coefficient (Wildman–Crippen LogP) is 7.38. The van der Waals surface area contributed by atoms with Crippen molar-refractivity contribution >= 4 is 33.3 Å². The molecule has 0 saturated carbocycles. The molecule has 0 saturated heterocycles. The summed E-state index contributed by atoms with van der Waals surface area (Å²) in [6.45, 7) is 0. The first kappa shape index (κ1) is 16.0. The molecule has 0 N–H and O–H groups in total. The third-order valence-electron chi connectivity index (χ3n) is 4.94. The molecule has 0 aliphatic rings. The zero-order valence-corrected chi connectivity index (χ0v) is 15.3. The summed E-state index contributed by atoms with van der Waals surface area (Å²) in [5.74, 6) is 0. The molecule has 4 aromatic carbocycles. The van der Waals surface area contributed by atoms with Crippen LogP contribution in [0.4, 0.5) is 0 Å². The highest BCUT2D eigenvalue weighted by Crippen LogP contribution is 2.35. The fourth-order valence-electron chi connectivity index (χ4n) is 3.63. The molecular weight excluding hydrogens is 350 g/mol. The van der Waals surface area contributed by atoms with Gasteiger partial charge in [-0.3, -0.25) is 0 Å². The van der Waals surface area contributed by atoms with E-state index < -0.39 is 0 Å². The molecule has 2 heteroatoms. The monoisotopic (exact) mass is 365 g/mol. The van der Waals surface area contributed by atoms with Crippen molar-refractivity contribution in [3.05, 3.63) is 102 Å². The van der Waals surface area contributed by atoms with E-state index in [0.29, 0.717) is 0 Å². The van der Waals surface area contributed by atoms with E-state index in [0.717, 1.165) is 32.7 Å². The van der Waals surface area contributed by atoms with Gasteiger partial charge in [-0.05, 0) is 46.2 Å². The molecular formula is C25H16ClN. The van der Waals surface area contributed by atoms with Gasteiger partial charge < -0.3 is 0 Å². The third-order valence-corrected chi connectivity index (χ3v) is 5.19. The molecule has 0 atom stereocenters. The fraction of sp³-hybridized carbons (Fsp3) is 0. The zero-order chi connectivity index (χ0) is 18.2. The van der Waals surface area contributed by atoms with Crippen LogP contribution in [-0.2, 0) is 0 Å². The van der Waals surface area contributed by atoms with Crippen LogP contribution in [-0.4, -0.2) is 4.98 Å². The molecule has 0 amide bonds. The Labute approximate surface area is 162 Å². The Morgan fingerprint density at radius 1 is 0.593 bits per heavy atom. The van der Waals surface area contributed by atoms with Crippen molar-refractivity contribution in [1.82, 2.24) is 4.98 Å². The van der Waals surface area contributed by atoms with Gasteiger partial charge in [0, 0.05) is 16.0 Å². The molecule has 0 spiro atoms. The lowest BCUT2D eigenvalue weighted by Crippen LogP contribution is -1.90. The number of fused-ring (bicyclic) bond motifs is 2. The maximum Gasteiger partial charge on any atom is 0.0722 e. The Morgan fingerprint density at radius 3 is 2.15 bits per heavy atom. The topological polar surface area (TPSA) is 12.9 Å². The molecule has 0 radical (unpaired) electrons. The van der Waals surface area contributed by atoms with Crippen LogP contribution in [0.15, 0.2) is 97.1 Å². The van der Waals surface area contributed by atoms with E-state index in [1.54, 1.807) is 0 Å². The number of pyridine rings is 1. The second-order valence-electron chi connectivity index (χ2n) is 6.61. The minimum atomic E-state index is 0.742. The average molecular weight is 366 g/mol. The number of halogens is 1. The van der Waals surface area contributed by atoms with Crippen molar-refractivity contribution in [2.45, 2.75) is 0 Å².